The summed E-state index contributed by atoms with van der Waals surface area (Å²) in [6.07, 6.45) is 0.616. The van der Waals surface area contributed by atoms with E-state index >= 15 is 0 Å². The second kappa shape index (κ2) is 7.04. The van der Waals surface area contributed by atoms with Crippen LogP contribution in [0.4, 0.5) is 0 Å². The van der Waals surface area contributed by atoms with Crippen LogP contribution in [0.5, 0.6) is 0 Å². The third kappa shape index (κ3) is 4.54. The summed E-state index contributed by atoms with van der Waals surface area (Å²) < 4.78 is 28.2. The van der Waals surface area contributed by atoms with Crippen molar-refractivity contribution in [2.75, 3.05) is 38.2 Å². The van der Waals surface area contributed by atoms with Crippen molar-refractivity contribution in [1.82, 2.24) is 4.90 Å². The summed E-state index contributed by atoms with van der Waals surface area (Å²) in [7, 11) is -1.56. The summed E-state index contributed by atoms with van der Waals surface area (Å²) in [5, 5.41) is 0. The number of hydrogen-bond acceptors (Lipinski definition) is 5. The molecule has 1 fully saturated rings. The molecule has 1 aliphatic heterocycles. The zero-order valence-corrected chi connectivity index (χ0v) is 13.0. The van der Waals surface area contributed by atoms with Crippen LogP contribution in [0.25, 0.3) is 0 Å². The molecule has 21 heavy (non-hydrogen) atoms. The van der Waals surface area contributed by atoms with Crippen molar-refractivity contribution in [2.45, 2.75) is 12.3 Å². The average molecular weight is 311 g/mol. The van der Waals surface area contributed by atoms with Gasteiger partial charge in [-0.2, -0.15) is 0 Å². The second-order valence-corrected chi connectivity index (χ2v) is 7.60. The molecule has 1 atom stereocenters. The number of methoxy groups -OCH3 is 1. The number of rotatable bonds is 4. The molecule has 0 aromatic heterocycles. The van der Waals surface area contributed by atoms with Gasteiger partial charge in [-0.25, -0.2) is 8.42 Å². The van der Waals surface area contributed by atoms with Crippen LogP contribution in [-0.2, 0) is 19.4 Å². The van der Waals surface area contributed by atoms with Gasteiger partial charge in [0.25, 0.3) is 0 Å². The van der Waals surface area contributed by atoms with Crippen molar-refractivity contribution in [3.05, 3.63) is 35.9 Å². The quantitative estimate of drug-likeness (QED) is 0.778. The van der Waals surface area contributed by atoms with Crippen molar-refractivity contribution in [2.24, 2.45) is 0 Å². The first-order valence-electron chi connectivity index (χ1n) is 7.07. The Kier molecular flexibility index (Phi) is 5.36. The molecule has 0 N–H and O–H groups in total. The lowest BCUT2D eigenvalue weighted by molar-refractivity contribution is -0.142. The molecule has 0 bridgehead atoms. The van der Waals surface area contributed by atoms with Gasteiger partial charge in [-0.1, -0.05) is 30.3 Å². The Morgan fingerprint density at radius 3 is 2.62 bits per heavy atom. The lowest BCUT2D eigenvalue weighted by atomic mass is 9.98. The van der Waals surface area contributed by atoms with Crippen LogP contribution in [0.2, 0.25) is 0 Å². The predicted molar refractivity (Wildman–Crippen MR) is 80.9 cm³/mol. The Morgan fingerprint density at radius 2 is 1.95 bits per heavy atom. The van der Waals surface area contributed by atoms with Gasteiger partial charge in [-0.3, -0.25) is 4.79 Å². The number of ether oxygens (including phenoxy) is 1. The predicted octanol–water partition coefficient (Wildman–Crippen LogP) is 1.06. The highest BCUT2D eigenvalue weighted by molar-refractivity contribution is 7.91. The Morgan fingerprint density at radius 1 is 1.24 bits per heavy atom. The largest absolute Gasteiger partial charge is 0.469 e. The fourth-order valence-corrected chi connectivity index (χ4v) is 3.88. The number of benzene rings is 1. The second-order valence-electron chi connectivity index (χ2n) is 5.29. The summed E-state index contributed by atoms with van der Waals surface area (Å²) in [6, 6.07) is 9.47. The molecular formula is C15H21NO4S. The molecule has 1 aromatic carbocycles. The monoisotopic (exact) mass is 311 g/mol. The lowest BCUT2D eigenvalue weighted by Crippen LogP contribution is -2.34. The fourth-order valence-electron chi connectivity index (χ4n) is 2.57. The van der Waals surface area contributed by atoms with Crippen LogP contribution in [0.15, 0.2) is 30.3 Å². The van der Waals surface area contributed by atoms with E-state index in [1.54, 1.807) is 0 Å². The Balaban J connectivity index is 2.11. The fraction of sp³-hybridized carbons (Fsp3) is 0.533. The topological polar surface area (TPSA) is 63.7 Å². The molecule has 2 rings (SSSR count). The molecular weight excluding hydrogens is 290 g/mol. The average Bonchev–Trinajstić information content (AvgIpc) is 2.66. The number of carbonyl (C=O) groups excluding carboxylic acids is 1. The number of carbonyl (C=O) groups is 1. The molecule has 1 aromatic rings. The van der Waals surface area contributed by atoms with Crippen LogP contribution in [0.3, 0.4) is 0 Å². The normalized spacial score (nSPS) is 20.4. The number of esters is 1. The molecule has 1 saturated heterocycles. The smallest absolute Gasteiger partial charge is 0.314 e. The molecule has 0 saturated carbocycles. The van der Waals surface area contributed by atoms with Gasteiger partial charge in [0.2, 0.25) is 0 Å². The minimum atomic E-state index is -2.94. The van der Waals surface area contributed by atoms with Crippen molar-refractivity contribution in [3.8, 4) is 0 Å². The highest BCUT2D eigenvalue weighted by atomic mass is 32.2. The van der Waals surface area contributed by atoms with E-state index in [-0.39, 0.29) is 23.4 Å². The molecule has 0 amide bonds. The van der Waals surface area contributed by atoms with Crippen molar-refractivity contribution >= 4 is 15.8 Å². The summed E-state index contributed by atoms with van der Waals surface area (Å²) in [4.78, 5) is 14.1. The summed E-state index contributed by atoms with van der Waals surface area (Å²) >= 11 is 0. The van der Waals surface area contributed by atoms with E-state index in [4.69, 9.17) is 4.74 Å². The molecule has 6 heteroatoms. The van der Waals surface area contributed by atoms with E-state index in [1.165, 1.54) is 7.11 Å². The van der Waals surface area contributed by atoms with Gasteiger partial charge in [0.15, 0.2) is 9.84 Å². The number of nitrogens with zero attached hydrogens (tertiary/aromatic N) is 1. The van der Waals surface area contributed by atoms with Gasteiger partial charge in [0.05, 0.1) is 24.5 Å². The highest BCUT2D eigenvalue weighted by Gasteiger charge is 2.26. The van der Waals surface area contributed by atoms with Gasteiger partial charge in [-0.05, 0) is 18.5 Å². The highest BCUT2D eigenvalue weighted by Crippen LogP contribution is 2.20. The number of sulfone groups is 1. The van der Waals surface area contributed by atoms with Crippen molar-refractivity contribution in [3.63, 3.8) is 0 Å². The summed E-state index contributed by atoms with van der Waals surface area (Å²) in [5.41, 5.74) is 0.899. The molecule has 116 valence electrons. The zero-order chi connectivity index (χ0) is 15.3. The van der Waals surface area contributed by atoms with E-state index in [9.17, 15) is 13.2 Å². The first-order valence-corrected chi connectivity index (χ1v) is 8.89. The lowest BCUT2D eigenvalue weighted by Gasteiger charge is -2.24. The van der Waals surface area contributed by atoms with Crippen LogP contribution in [0.1, 0.15) is 17.9 Å². The van der Waals surface area contributed by atoms with Gasteiger partial charge in [-0.15, -0.1) is 0 Å². The number of hydrogen-bond donors (Lipinski definition) is 0. The van der Waals surface area contributed by atoms with Crippen molar-refractivity contribution in [1.29, 1.82) is 0 Å². The van der Waals surface area contributed by atoms with E-state index < -0.39 is 9.84 Å². The Hall–Kier alpha value is -1.40. The third-order valence-corrected chi connectivity index (χ3v) is 5.49. The van der Waals surface area contributed by atoms with Gasteiger partial charge in [0, 0.05) is 13.1 Å². The van der Waals surface area contributed by atoms with Crippen molar-refractivity contribution < 1.29 is 17.9 Å². The summed E-state index contributed by atoms with van der Waals surface area (Å²) in [6.45, 7) is 1.66. The van der Waals surface area contributed by atoms with E-state index in [0.29, 0.717) is 26.1 Å². The van der Waals surface area contributed by atoms with Gasteiger partial charge < -0.3 is 9.64 Å². The molecule has 0 radical (unpaired) electrons. The van der Waals surface area contributed by atoms with Gasteiger partial charge >= 0.3 is 5.97 Å². The van der Waals surface area contributed by atoms with Crippen LogP contribution < -0.4 is 0 Å². The van der Waals surface area contributed by atoms with E-state index in [0.717, 1.165) is 5.56 Å². The molecule has 0 aliphatic carbocycles. The summed E-state index contributed by atoms with van der Waals surface area (Å²) in [5.74, 6) is -0.266. The molecule has 1 aliphatic rings. The zero-order valence-electron chi connectivity index (χ0n) is 12.2. The van der Waals surface area contributed by atoms with Crippen LogP contribution >= 0.6 is 0 Å². The maximum Gasteiger partial charge on any atom is 0.314 e. The standard InChI is InChI=1S/C15H21NO4S/c1-20-15(17)14(13-6-3-2-4-7-13)12-16-8-5-10-21(18,19)11-9-16/h2-4,6-7,14H,5,8-12H2,1H3. The molecule has 1 unspecified atom stereocenters. The van der Waals surface area contributed by atoms with Crippen LogP contribution in [0, 0.1) is 0 Å². The Bertz CT molecular complexity index is 571. The SMILES string of the molecule is COC(=O)C(CN1CCCS(=O)(=O)CC1)c1ccccc1. The van der Waals surface area contributed by atoms with Crippen LogP contribution in [-0.4, -0.2) is 57.5 Å². The molecule has 1 heterocycles. The molecule has 5 nitrogen and oxygen atoms in total. The maximum atomic E-state index is 12.0. The van der Waals surface area contributed by atoms with Gasteiger partial charge in [0.1, 0.15) is 0 Å². The minimum absolute atomic E-state index is 0.162. The minimum Gasteiger partial charge on any atom is -0.469 e. The third-order valence-electron chi connectivity index (χ3n) is 3.78. The maximum absolute atomic E-state index is 12.0. The van der Waals surface area contributed by atoms with E-state index in [2.05, 4.69) is 0 Å². The Labute approximate surface area is 125 Å². The van der Waals surface area contributed by atoms with E-state index in [1.807, 2.05) is 35.2 Å². The first-order chi connectivity index (χ1) is 10.0. The first kappa shape index (κ1) is 16.0. The molecule has 0 spiro atoms.